The molecule has 2 unspecified atom stereocenters. The molecule has 1 aliphatic carbocycles. The van der Waals surface area contributed by atoms with Crippen molar-refractivity contribution in [3.8, 4) is 5.75 Å². The van der Waals surface area contributed by atoms with Crippen molar-refractivity contribution < 1.29 is 14.6 Å². The highest BCUT2D eigenvalue weighted by Crippen LogP contribution is 2.39. The van der Waals surface area contributed by atoms with Crippen molar-refractivity contribution in [3.05, 3.63) is 23.3 Å². The summed E-state index contributed by atoms with van der Waals surface area (Å²) < 4.78 is 5.26. The van der Waals surface area contributed by atoms with E-state index in [1.165, 1.54) is 0 Å². The van der Waals surface area contributed by atoms with Gasteiger partial charge in [0.1, 0.15) is 5.75 Å². The highest BCUT2D eigenvalue weighted by molar-refractivity contribution is 5.73. The van der Waals surface area contributed by atoms with Crippen LogP contribution in [0.1, 0.15) is 17.5 Å². The van der Waals surface area contributed by atoms with E-state index in [2.05, 4.69) is 5.32 Å². The van der Waals surface area contributed by atoms with Crippen LogP contribution in [0.15, 0.2) is 12.1 Å². The molecule has 1 saturated carbocycles. The standard InChI is InChI=1S/C14H19NO3/c1-8-5-13(18-3)9(2)4-12(8)15-7-10-6-11(10)14(16)17/h4-5,10-11,15H,6-7H2,1-3H3,(H,16,17). The molecule has 1 fully saturated rings. The molecule has 0 amide bonds. The molecule has 18 heavy (non-hydrogen) atoms. The number of carboxylic acids is 1. The molecule has 2 N–H and O–H groups in total. The maximum absolute atomic E-state index is 10.7. The van der Waals surface area contributed by atoms with Gasteiger partial charge in [-0.15, -0.1) is 0 Å². The molecule has 2 atom stereocenters. The highest BCUT2D eigenvalue weighted by Gasteiger charge is 2.42. The first-order chi connectivity index (χ1) is 8.52. The Hall–Kier alpha value is -1.71. The molecular formula is C14H19NO3. The lowest BCUT2D eigenvalue weighted by atomic mass is 10.1. The number of hydrogen-bond acceptors (Lipinski definition) is 3. The zero-order valence-corrected chi connectivity index (χ0v) is 11.0. The van der Waals surface area contributed by atoms with Crippen molar-refractivity contribution in [1.29, 1.82) is 0 Å². The predicted octanol–water partition coefficient (Wildman–Crippen LogP) is 2.44. The van der Waals surface area contributed by atoms with E-state index in [4.69, 9.17) is 9.84 Å². The number of rotatable bonds is 5. The molecule has 4 nitrogen and oxygen atoms in total. The van der Waals surface area contributed by atoms with Crippen molar-refractivity contribution >= 4 is 11.7 Å². The summed E-state index contributed by atoms with van der Waals surface area (Å²) in [5, 5.41) is 12.2. The van der Waals surface area contributed by atoms with Crippen LogP contribution in [0, 0.1) is 25.7 Å². The molecule has 0 saturated heterocycles. The van der Waals surface area contributed by atoms with E-state index in [1.54, 1.807) is 7.11 Å². The minimum absolute atomic E-state index is 0.155. The largest absolute Gasteiger partial charge is 0.496 e. The Morgan fingerprint density at radius 1 is 1.44 bits per heavy atom. The third-order valence-corrected chi connectivity index (χ3v) is 3.54. The summed E-state index contributed by atoms with van der Waals surface area (Å²) in [6.07, 6.45) is 0.788. The van der Waals surface area contributed by atoms with Crippen LogP contribution in [0.5, 0.6) is 5.75 Å². The van der Waals surface area contributed by atoms with Crippen LogP contribution < -0.4 is 10.1 Å². The summed E-state index contributed by atoms with van der Waals surface area (Å²) in [6.45, 7) is 4.75. The Kier molecular flexibility index (Phi) is 3.45. The summed E-state index contributed by atoms with van der Waals surface area (Å²) in [4.78, 5) is 10.7. The lowest BCUT2D eigenvalue weighted by Gasteiger charge is -2.13. The number of aryl methyl sites for hydroxylation is 2. The molecule has 1 aliphatic rings. The van der Waals surface area contributed by atoms with E-state index in [0.717, 1.165) is 35.5 Å². The van der Waals surface area contributed by atoms with Crippen LogP contribution in [0.4, 0.5) is 5.69 Å². The van der Waals surface area contributed by atoms with Crippen molar-refractivity contribution in [2.45, 2.75) is 20.3 Å². The molecule has 1 aromatic carbocycles. The second-order valence-corrected chi connectivity index (χ2v) is 4.96. The number of methoxy groups -OCH3 is 1. The van der Waals surface area contributed by atoms with Crippen molar-refractivity contribution in [2.24, 2.45) is 11.8 Å². The fourth-order valence-corrected chi connectivity index (χ4v) is 2.22. The monoisotopic (exact) mass is 249 g/mol. The van der Waals surface area contributed by atoms with Gasteiger partial charge in [-0.05, 0) is 49.4 Å². The molecule has 0 aromatic heterocycles. The zero-order chi connectivity index (χ0) is 13.3. The Balaban J connectivity index is 1.98. The number of anilines is 1. The first kappa shape index (κ1) is 12.7. The van der Waals surface area contributed by atoms with Crippen LogP contribution in [0.2, 0.25) is 0 Å². The lowest BCUT2D eigenvalue weighted by Crippen LogP contribution is -2.09. The number of carbonyl (C=O) groups is 1. The molecule has 2 rings (SSSR count). The fourth-order valence-electron chi connectivity index (χ4n) is 2.22. The van der Waals surface area contributed by atoms with Gasteiger partial charge >= 0.3 is 5.97 Å². The molecule has 0 spiro atoms. The molecule has 4 heteroatoms. The van der Waals surface area contributed by atoms with E-state index in [9.17, 15) is 4.79 Å². The van der Waals surface area contributed by atoms with Crippen LogP contribution >= 0.6 is 0 Å². The van der Waals surface area contributed by atoms with E-state index in [0.29, 0.717) is 0 Å². The summed E-state index contributed by atoms with van der Waals surface area (Å²) >= 11 is 0. The van der Waals surface area contributed by atoms with Gasteiger partial charge in [-0.3, -0.25) is 4.79 Å². The summed E-state index contributed by atoms with van der Waals surface area (Å²) in [6, 6.07) is 4.05. The maximum atomic E-state index is 10.7. The molecule has 0 heterocycles. The highest BCUT2D eigenvalue weighted by atomic mass is 16.5. The summed E-state index contributed by atoms with van der Waals surface area (Å²) in [7, 11) is 1.66. The van der Waals surface area contributed by atoms with Gasteiger partial charge in [0.2, 0.25) is 0 Å². The normalized spacial score (nSPS) is 21.5. The Morgan fingerprint density at radius 3 is 2.72 bits per heavy atom. The Morgan fingerprint density at radius 2 is 2.17 bits per heavy atom. The minimum atomic E-state index is -0.676. The third kappa shape index (κ3) is 2.58. The minimum Gasteiger partial charge on any atom is -0.496 e. The smallest absolute Gasteiger partial charge is 0.306 e. The van der Waals surface area contributed by atoms with Crippen LogP contribution in [0.25, 0.3) is 0 Å². The van der Waals surface area contributed by atoms with Gasteiger partial charge in [0, 0.05) is 12.2 Å². The SMILES string of the molecule is COc1cc(C)c(NCC2CC2C(=O)O)cc1C. The van der Waals surface area contributed by atoms with Crippen molar-refractivity contribution in [2.75, 3.05) is 19.0 Å². The lowest BCUT2D eigenvalue weighted by molar-refractivity contribution is -0.138. The predicted molar refractivity (Wildman–Crippen MR) is 70.2 cm³/mol. The summed E-state index contributed by atoms with van der Waals surface area (Å²) in [5.74, 6) is 0.318. The van der Waals surface area contributed by atoms with E-state index >= 15 is 0 Å². The molecule has 0 radical (unpaired) electrons. The van der Waals surface area contributed by atoms with Gasteiger partial charge in [0.25, 0.3) is 0 Å². The van der Waals surface area contributed by atoms with Crippen molar-refractivity contribution in [3.63, 3.8) is 0 Å². The number of aliphatic carboxylic acids is 1. The van der Waals surface area contributed by atoms with Crippen LogP contribution in [-0.2, 0) is 4.79 Å². The topological polar surface area (TPSA) is 58.6 Å². The number of carboxylic acid groups (broad SMARTS) is 1. The van der Waals surface area contributed by atoms with Crippen LogP contribution in [-0.4, -0.2) is 24.7 Å². The van der Waals surface area contributed by atoms with Gasteiger partial charge in [-0.2, -0.15) is 0 Å². The molecular weight excluding hydrogens is 230 g/mol. The first-order valence-corrected chi connectivity index (χ1v) is 6.15. The van der Waals surface area contributed by atoms with E-state index in [1.807, 2.05) is 26.0 Å². The molecule has 1 aromatic rings. The molecule has 0 bridgehead atoms. The van der Waals surface area contributed by atoms with Gasteiger partial charge in [0.15, 0.2) is 0 Å². The van der Waals surface area contributed by atoms with Crippen LogP contribution in [0.3, 0.4) is 0 Å². The molecule has 0 aliphatic heterocycles. The fraction of sp³-hybridized carbons (Fsp3) is 0.500. The third-order valence-electron chi connectivity index (χ3n) is 3.54. The molecule has 98 valence electrons. The Bertz CT molecular complexity index is 470. The van der Waals surface area contributed by atoms with E-state index < -0.39 is 5.97 Å². The number of benzene rings is 1. The number of ether oxygens (including phenoxy) is 1. The first-order valence-electron chi connectivity index (χ1n) is 6.15. The Labute approximate surface area is 107 Å². The van der Waals surface area contributed by atoms with Crippen molar-refractivity contribution in [1.82, 2.24) is 0 Å². The van der Waals surface area contributed by atoms with E-state index in [-0.39, 0.29) is 11.8 Å². The zero-order valence-electron chi connectivity index (χ0n) is 11.0. The quantitative estimate of drug-likeness (QED) is 0.841. The van der Waals surface area contributed by atoms with Gasteiger partial charge < -0.3 is 15.2 Å². The van der Waals surface area contributed by atoms with Gasteiger partial charge in [-0.25, -0.2) is 0 Å². The van der Waals surface area contributed by atoms with Gasteiger partial charge in [-0.1, -0.05) is 0 Å². The number of nitrogens with one attached hydrogen (secondary N) is 1. The summed E-state index contributed by atoms with van der Waals surface area (Å²) in [5.41, 5.74) is 3.26. The average molecular weight is 249 g/mol. The maximum Gasteiger partial charge on any atom is 0.306 e. The second kappa shape index (κ2) is 4.88. The second-order valence-electron chi connectivity index (χ2n) is 4.96. The van der Waals surface area contributed by atoms with Gasteiger partial charge in [0.05, 0.1) is 13.0 Å². The number of hydrogen-bond donors (Lipinski definition) is 2. The average Bonchev–Trinajstić information content (AvgIpc) is 3.09.